The first-order chi connectivity index (χ1) is 12.7. The fraction of sp³-hybridized carbons (Fsp3) is 0. The van der Waals surface area contributed by atoms with E-state index in [4.69, 9.17) is 8.92 Å². The number of fused-ring (bicyclic) bond motifs is 2. The molecule has 0 unspecified atom stereocenters. The third kappa shape index (κ3) is 3.74. The topological polar surface area (TPSA) is 25.8 Å². The van der Waals surface area contributed by atoms with E-state index in [1.807, 2.05) is 28.6 Å². The van der Waals surface area contributed by atoms with Crippen LogP contribution in [0.3, 0.4) is 0 Å². The second-order valence-corrected chi connectivity index (χ2v) is 32.3. The van der Waals surface area contributed by atoms with E-state index in [-0.39, 0.29) is 0 Å². The molecule has 4 aromatic rings. The molecule has 0 bridgehead atoms. The van der Waals surface area contributed by atoms with Crippen molar-refractivity contribution < 1.29 is 0 Å². The van der Waals surface area contributed by atoms with Crippen molar-refractivity contribution in [2.24, 2.45) is 0 Å². The molecule has 2 aromatic heterocycles. The molecule has 0 aliphatic carbocycles. The summed E-state index contributed by atoms with van der Waals surface area (Å²) in [6, 6.07) is 20.5. The van der Waals surface area contributed by atoms with Crippen LogP contribution in [0, 0.1) is 0 Å². The third-order valence-electron chi connectivity index (χ3n) is 3.93. The van der Waals surface area contributed by atoms with Gasteiger partial charge in [-0.25, -0.2) is 0 Å². The number of aromatic nitrogens is 2. The molecule has 4 rings (SSSR count). The molecule has 0 amide bonds. The van der Waals surface area contributed by atoms with E-state index in [0.29, 0.717) is 0 Å². The first-order valence-electron chi connectivity index (χ1n) is 8.06. The number of para-hydroxylation sites is 2. The molecule has 0 atom stereocenters. The number of pyridine rings is 2. The van der Waals surface area contributed by atoms with Crippen molar-refractivity contribution in [1.29, 1.82) is 0 Å². The Morgan fingerprint density at radius 2 is 1.23 bits per heavy atom. The van der Waals surface area contributed by atoms with E-state index < -0.39 is 14.5 Å². The van der Waals surface area contributed by atoms with E-state index in [0.717, 1.165) is 31.6 Å². The van der Waals surface area contributed by atoms with Gasteiger partial charge in [0.25, 0.3) is 0 Å². The van der Waals surface area contributed by atoms with Crippen LogP contribution in [0.2, 0.25) is 0 Å². The van der Waals surface area contributed by atoms with Gasteiger partial charge in [0.05, 0.1) is 0 Å². The van der Waals surface area contributed by atoms with E-state index in [9.17, 15) is 0 Å². The average Bonchev–Trinajstić information content (AvgIpc) is 2.69. The molecule has 6 heteroatoms. The summed E-state index contributed by atoms with van der Waals surface area (Å²) in [6.07, 6.45) is 3.65. The van der Waals surface area contributed by atoms with Gasteiger partial charge >= 0.3 is 167 Å². The van der Waals surface area contributed by atoms with Crippen molar-refractivity contribution in [3.05, 3.63) is 83.7 Å². The molecule has 0 aliphatic rings. The molecule has 0 spiro atoms. The Morgan fingerprint density at radius 3 is 1.69 bits per heavy atom. The zero-order chi connectivity index (χ0) is 18.0. The van der Waals surface area contributed by atoms with Gasteiger partial charge in [-0.15, -0.1) is 0 Å². The van der Waals surface area contributed by atoms with Gasteiger partial charge in [-0.3, -0.25) is 0 Å². The SMILES string of the molecule is C=[CH][Sn]([Cl])([S]c1cccc2cccnc12)[S]c1cccc2cccnc12. The predicted molar refractivity (Wildman–Crippen MR) is 117 cm³/mol. The zero-order valence-corrected chi connectivity index (χ0v) is 19.0. The van der Waals surface area contributed by atoms with Crippen LogP contribution in [0.4, 0.5) is 0 Å². The van der Waals surface area contributed by atoms with Crippen molar-refractivity contribution in [1.82, 2.24) is 9.97 Å². The van der Waals surface area contributed by atoms with E-state index >= 15 is 0 Å². The maximum absolute atomic E-state index is 7.16. The first kappa shape index (κ1) is 18.2. The summed E-state index contributed by atoms with van der Waals surface area (Å²) in [4.78, 5) is 11.3. The maximum atomic E-state index is 7.16. The number of halogens is 1. The van der Waals surface area contributed by atoms with E-state index in [2.05, 4.69) is 65.1 Å². The van der Waals surface area contributed by atoms with Crippen molar-refractivity contribution in [2.75, 3.05) is 0 Å². The van der Waals surface area contributed by atoms with Gasteiger partial charge in [0, 0.05) is 0 Å². The number of hydrogen-bond donors (Lipinski definition) is 0. The minimum atomic E-state index is -3.31. The van der Waals surface area contributed by atoms with Gasteiger partial charge in [-0.1, -0.05) is 0 Å². The van der Waals surface area contributed by atoms with Gasteiger partial charge < -0.3 is 0 Å². The minimum absolute atomic E-state index is 1.00. The van der Waals surface area contributed by atoms with Gasteiger partial charge in [0.15, 0.2) is 0 Å². The molecule has 0 saturated heterocycles. The first-order valence-corrected chi connectivity index (χ1v) is 22.0. The van der Waals surface area contributed by atoms with Crippen molar-refractivity contribution in [2.45, 2.75) is 9.79 Å². The fourth-order valence-corrected chi connectivity index (χ4v) is 21.9. The van der Waals surface area contributed by atoms with Crippen molar-refractivity contribution in [3.63, 3.8) is 0 Å². The van der Waals surface area contributed by atoms with Gasteiger partial charge in [-0.2, -0.15) is 0 Å². The van der Waals surface area contributed by atoms with Crippen LogP contribution in [0.1, 0.15) is 0 Å². The van der Waals surface area contributed by atoms with Crippen LogP contribution in [0.5, 0.6) is 0 Å². The van der Waals surface area contributed by atoms with Crippen LogP contribution >= 0.6 is 26.8 Å². The molecule has 2 aromatic carbocycles. The summed E-state index contributed by atoms with van der Waals surface area (Å²) < 4.78 is 1.98. The van der Waals surface area contributed by atoms with Crippen LogP contribution < -0.4 is 0 Å². The van der Waals surface area contributed by atoms with Crippen molar-refractivity contribution in [3.8, 4) is 0 Å². The second-order valence-electron chi connectivity index (χ2n) is 5.65. The van der Waals surface area contributed by atoms with Crippen LogP contribution in [-0.4, -0.2) is 24.5 Å². The quantitative estimate of drug-likeness (QED) is 0.289. The molecule has 0 saturated carbocycles. The van der Waals surface area contributed by atoms with Crippen LogP contribution in [-0.2, 0) is 0 Å². The Morgan fingerprint density at radius 1 is 0.769 bits per heavy atom. The fourth-order valence-electron chi connectivity index (χ4n) is 2.72. The Labute approximate surface area is 165 Å². The molecule has 2 nitrogen and oxygen atoms in total. The Balaban J connectivity index is 1.72. The molecular formula is C20H15ClN2S2Sn. The van der Waals surface area contributed by atoms with Gasteiger partial charge in [0.2, 0.25) is 0 Å². The molecule has 0 aliphatic heterocycles. The number of nitrogens with zero attached hydrogens (tertiary/aromatic N) is 2. The molecule has 0 N–H and O–H groups in total. The van der Waals surface area contributed by atoms with E-state index in [1.165, 1.54) is 0 Å². The summed E-state index contributed by atoms with van der Waals surface area (Å²) in [5, 5.41) is 2.26. The van der Waals surface area contributed by atoms with Crippen molar-refractivity contribution >= 4 is 63.1 Å². The summed E-state index contributed by atoms with van der Waals surface area (Å²) >= 11 is -3.31. The summed E-state index contributed by atoms with van der Waals surface area (Å²) in [7, 11) is 10.7. The molecule has 2 heterocycles. The normalized spacial score (nSPS) is 11.7. The van der Waals surface area contributed by atoms with E-state index in [1.54, 1.807) is 17.9 Å². The van der Waals surface area contributed by atoms with Gasteiger partial charge in [0.1, 0.15) is 0 Å². The Hall–Kier alpha value is -1.21. The summed E-state index contributed by atoms with van der Waals surface area (Å²) in [5.74, 6) is 0. The average molecular weight is 502 g/mol. The standard InChI is InChI=1S/2C9H7NS.C2H3.ClH.Sn/c2*11-8-5-1-3-7-4-2-6-10-9(7)8;1-2;;/h2*1-6,11H;1H,2H2;1H;/q;;;;+3/p-3. The number of rotatable bonds is 5. The number of hydrogen-bond acceptors (Lipinski definition) is 4. The van der Waals surface area contributed by atoms with Crippen LogP contribution in [0.15, 0.2) is 93.5 Å². The van der Waals surface area contributed by atoms with Gasteiger partial charge in [-0.05, 0) is 0 Å². The second kappa shape index (κ2) is 7.80. The van der Waals surface area contributed by atoms with Crippen LogP contribution in [0.25, 0.3) is 21.8 Å². The molecule has 128 valence electrons. The molecule has 26 heavy (non-hydrogen) atoms. The summed E-state index contributed by atoms with van der Waals surface area (Å²) in [5.41, 5.74) is 2.00. The molecular weight excluding hydrogens is 487 g/mol. The Bertz CT molecular complexity index is 1010. The zero-order valence-electron chi connectivity index (χ0n) is 13.8. The monoisotopic (exact) mass is 502 g/mol. The Kier molecular flexibility index (Phi) is 5.45. The molecule has 0 fully saturated rings. The number of benzene rings is 2. The molecule has 0 radical (unpaired) electrons. The summed E-state index contributed by atoms with van der Waals surface area (Å²) in [6.45, 7) is 4.06. The predicted octanol–water partition coefficient (Wildman–Crippen LogP) is 6.57. The third-order valence-corrected chi connectivity index (χ3v) is 25.2.